The summed E-state index contributed by atoms with van der Waals surface area (Å²) in [4.78, 5) is 38.0. The largest absolute Gasteiger partial charge is 0.462 e. The molecule has 0 aromatic rings. The second-order valence-electron chi connectivity index (χ2n) is 22.4. The van der Waals surface area contributed by atoms with Crippen LogP contribution in [0.3, 0.4) is 0 Å². The lowest BCUT2D eigenvalue weighted by molar-refractivity contribution is -0.167. The van der Waals surface area contributed by atoms with Gasteiger partial charge in [0.1, 0.15) is 13.2 Å². The average Bonchev–Trinajstić information content (AvgIpc) is 3.44. The maximum Gasteiger partial charge on any atom is 0.306 e. The van der Waals surface area contributed by atoms with Crippen molar-refractivity contribution in [1.29, 1.82) is 0 Å². The van der Waals surface area contributed by atoms with Gasteiger partial charge in [0.15, 0.2) is 6.10 Å². The van der Waals surface area contributed by atoms with E-state index in [0.717, 1.165) is 96.3 Å². The van der Waals surface area contributed by atoms with Crippen LogP contribution in [-0.2, 0) is 28.6 Å². The van der Waals surface area contributed by atoms with Gasteiger partial charge in [0, 0.05) is 19.3 Å². The molecule has 1 unspecified atom stereocenters. The van der Waals surface area contributed by atoms with Crippen molar-refractivity contribution in [2.24, 2.45) is 0 Å². The number of carbonyl (C=O) groups excluding carboxylic acids is 3. The minimum absolute atomic E-state index is 0.0741. The van der Waals surface area contributed by atoms with Gasteiger partial charge in [-0.1, -0.05) is 305 Å². The molecule has 0 amide bonds. The van der Waals surface area contributed by atoms with Crippen molar-refractivity contribution in [2.75, 3.05) is 13.2 Å². The Morgan fingerprint density at radius 1 is 0.269 bits per heavy atom. The van der Waals surface area contributed by atoms with E-state index in [1.807, 2.05) is 0 Å². The highest BCUT2D eigenvalue weighted by atomic mass is 16.6. The zero-order valence-electron chi connectivity index (χ0n) is 51.7. The van der Waals surface area contributed by atoms with Crippen LogP contribution in [0.25, 0.3) is 0 Å². The molecule has 0 aliphatic rings. The first-order valence-electron chi connectivity index (χ1n) is 33.6. The quantitative estimate of drug-likeness (QED) is 0.0261. The molecule has 0 spiro atoms. The van der Waals surface area contributed by atoms with Gasteiger partial charge in [-0.2, -0.15) is 0 Å². The first kappa shape index (κ1) is 74.6. The summed E-state index contributed by atoms with van der Waals surface area (Å²) in [5.41, 5.74) is 0. The van der Waals surface area contributed by atoms with Gasteiger partial charge in [-0.15, -0.1) is 0 Å². The first-order valence-corrected chi connectivity index (χ1v) is 33.6. The van der Waals surface area contributed by atoms with E-state index < -0.39 is 6.10 Å². The Balaban J connectivity index is 4.00. The van der Waals surface area contributed by atoms with Crippen LogP contribution in [0.4, 0.5) is 0 Å². The SMILES string of the molecule is CC/C=C\C/C=C\C/C=C\C/C=C\C/C=C\CCCCCCCCCCCCCCCCCCCC(=O)OCC(COC(=O)CCCCCCCC)OC(=O)CCCCCCCCCCC/C=C\C/C=C\CCCCCCC. The molecule has 0 radical (unpaired) electrons. The number of rotatable bonds is 61. The zero-order valence-corrected chi connectivity index (χ0v) is 51.7. The van der Waals surface area contributed by atoms with Crippen LogP contribution in [0, 0.1) is 0 Å². The van der Waals surface area contributed by atoms with E-state index >= 15 is 0 Å². The normalized spacial score (nSPS) is 12.6. The maximum atomic E-state index is 12.8. The number of esters is 3. The predicted molar refractivity (Wildman–Crippen MR) is 339 cm³/mol. The third kappa shape index (κ3) is 63.4. The lowest BCUT2D eigenvalue weighted by atomic mass is 10.0. The van der Waals surface area contributed by atoms with Crippen LogP contribution in [0.5, 0.6) is 0 Å². The van der Waals surface area contributed by atoms with E-state index in [0.29, 0.717) is 19.3 Å². The van der Waals surface area contributed by atoms with Crippen LogP contribution in [0.1, 0.15) is 335 Å². The molecule has 0 aromatic heterocycles. The fraction of sp³-hybridized carbons (Fsp3) is 0.764. The van der Waals surface area contributed by atoms with Gasteiger partial charge < -0.3 is 14.2 Å². The van der Waals surface area contributed by atoms with Crippen molar-refractivity contribution in [1.82, 2.24) is 0 Å². The molecule has 0 N–H and O–H groups in total. The smallest absolute Gasteiger partial charge is 0.306 e. The van der Waals surface area contributed by atoms with Gasteiger partial charge in [0.05, 0.1) is 0 Å². The summed E-state index contributed by atoms with van der Waals surface area (Å²) >= 11 is 0. The summed E-state index contributed by atoms with van der Waals surface area (Å²) in [5, 5.41) is 0. The fourth-order valence-electron chi connectivity index (χ4n) is 9.62. The molecule has 78 heavy (non-hydrogen) atoms. The molecule has 0 heterocycles. The number of unbranched alkanes of at least 4 members (excludes halogenated alkanes) is 36. The van der Waals surface area contributed by atoms with Gasteiger partial charge in [0.25, 0.3) is 0 Å². The standard InChI is InChI=1S/C72H126O6/c1-4-7-10-13-16-18-20-22-24-26-28-30-31-32-33-34-35-36-37-38-39-40-41-43-44-46-48-50-52-54-56-59-62-65-71(74)77-68-69(67-76-70(73)64-61-58-15-12-9-6-3)78-72(75)66-63-60-57-55-53-51-49-47-45-42-29-27-25-23-21-19-17-14-11-8-5-2/h7,10,16,18,21-24,27-30,32-33,69H,4-6,8-9,11-15,17,19-20,25-26,31,34-68H2,1-3H3/b10-7-,18-16-,23-21-,24-22-,29-27-,30-28-,33-32-. The van der Waals surface area contributed by atoms with Crippen LogP contribution in [0.2, 0.25) is 0 Å². The molecule has 1 atom stereocenters. The van der Waals surface area contributed by atoms with E-state index in [-0.39, 0.29) is 31.1 Å². The van der Waals surface area contributed by atoms with Crippen molar-refractivity contribution >= 4 is 17.9 Å². The molecule has 0 aliphatic carbocycles. The van der Waals surface area contributed by atoms with Crippen molar-refractivity contribution in [3.05, 3.63) is 85.1 Å². The van der Waals surface area contributed by atoms with E-state index in [4.69, 9.17) is 14.2 Å². The maximum absolute atomic E-state index is 12.8. The Morgan fingerprint density at radius 2 is 0.500 bits per heavy atom. The van der Waals surface area contributed by atoms with Crippen molar-refractivity contribution in [3.63, 3.8) is 0 Å². The average molecular weight is 1090 g/mol. The number of hydrogen-bond acceptors (Lipinski definition) is 6. The molecule has 6 nitrogen and oxygen atoms in total. The van der Waals surface area contributed by atoms with Crippen LogP contribution < -0.4 is 0 Å². The van der Waals surface area contributed by atoms with Gasteiger partial charge in [-0.3, -0.25) is 14.4 Å². The van der Waals surface area contributed by atoms with Crippen LogP contribution >= 0.6 is 0 Å². The number of ether oxygens (including phenoxy) is 3. The van der Waals surface area contributed by atoms with Gasteiger partial charge in [-0.05, 0) is 96.3 Å². The predicted octanol–water partition coefficient (Wildman–Crippen LogP) is 23.1. The molecule has 450 valence electrons. The minimum Gasteiger partial charge on any atom is -0.462 e. The van der Waals surface area contributed by atoms with Crippen molar-refractivity contribution in [3.8, 4) is 0 Å². The summed E-state index contributed by atoms with van der Waals surface area (Å²) in [6.07, 6.45) is 87.8. The van der Waals surface area contributed by atoms with E-state index in [1.165, 1.54) is 199 Å². The fourth-order valence-corrected chi connectivity index (χ4v) is 9.62. The molecule has 0 aromatic carbocycles. The molecular weight excluding hydrogens is 961 g/mol. The Kier molecular flexibility index (Phi) is 63.2. The highest BCUT2D eigenvalue weighted by molar-refractivity contribution is 5.71. The summed E-state index contributed by atoms with van der Waals surface area (Å²) in [5.74, 6) is -0.874. The molecule has 0 bridgehead atoms. The molecule has 0 saturated carbocycles. The first-order chi connectivity index (χ1) is 38.5. The topological polar surface area (TPSA) is 78.9 Å². The minimum atomic E-state index is -0.774. The zero-order chi connectivity index (χ0) is 56.4. The molecule has 0 saturated heterocycles. The second-order valence-corrected chi connectivity index (χ2v) is 22.4. The van der Waals surface area contributed by atoms with Crippen molar-refractivity contribution < 1.29 is 28.6 Å². The Hall–Kier alpha value is -3.41. The summed E-state index contributed by atoms with van der Waals surface area (Å²) < 4.78 is 16.8. The Morgan fingerprint density at radius 3 is 0.782 bits per heavy atom. The van der Waals surface area contributed by atoms with Gasteiger partial charge in [0.2, 0.25) is 0 Å². The Bertz CT molecular complexity index is 1480. The highest BCUT2D eigenvalue weighted by Crippen LogP contribution is 2.17. The summed E-state index contributed by atoms with van der Waals surface area (Å²) in [7, 11) is 0. The van der Waals surface area contributed by atoms with Crippen LogP contribution in [0.15, 0.2) is 85.1 Å². The lowest BCUT2D eigenvalue weighted by Gasteiger charge is -2.18. The number of hydrogen-bond donors (Lipinski definition) is 0. The monoisotopic (exact) mass is 1090 g/mol. The Labute approximate surface area is 484 Å². The van der Waals surface area contributed by atoms with E-state index in [1.54, 1.807) is 0 Å². The number of allylic oxidation sites excluding steroid dienone is 14. The lowest BCUT2D eigenvalue weighted by Crippen LogP contribution is -2.30. The molecule has 0 fully saturated rings. The highest BCUT2D eigenvalue weighted by Gasteiger charge is 2.19. The number of carbonyl (C=O) groups is 3. The molecule has 0 aliphatic heterocycles. The van der Waals surface area contributed by atoms with E-state index in [9.17, 15) is 14.4 Å². The molecule has 6 heteroatoms. The third-order valence-electron chi connectivity index (χ3n) is 14.6. The third-order valence-corrected chi connectivity index (χ3v) is 14.6. The summed E-state index contributed by atoms with van der Waals surface area (Å²) in [6.45, 7) is 6.49. The van der Waals surface area contributed by atoms with E-state index in [2.05, 4.69) is 106 Å². The van der Waals surface area contributed by atoms with Gasteiger partial charge >= 0.3 is 17.9 Å². The van der Waals surface area contributed by atoms with Gasteiger partial charge in [-0.25, -0.2) is 0 Å². The summed E-state index contributed by atoms with van der Waals surface area (Å²) in [6, 6.07) is 0. The molecule has 0 rings (SSSR count). The molecular formula is C72H126O6. The second kappa shape index (κ2) is 66.1. The van der Waals surface area contributed by atoms with Crippen molar-refractivity contribution in [2.45, 2.75) is 341 Å². The van der Waals surface area contributed by atoms with Crippen LogP contribution in [-0.4, -0.2) is 37.2 Å².